The molecule has 0 aromatic heterocycles. The molecule has 1 aliphatic heterocycles. The van der Waals surface area contributed by atoms with Gasteiger partial charge in [-0.1, -0.05) is 0 Å². The number of aliphatic hydroxyl groups excluding tert-OH is 1. The van der Waals surface area contributed by atoms with Gasteiger partial charge in [-0.05, 0) is 6.42 Å². The Hall–Kier alpha value is -1.05. The molecule has 1 aliphatic rings. The summed E-state index contributed by atoms with van der Waals surface area (Å²) in [5.41, 5.74) is 0. The van der Waals surface area contributed by atoms with Gasteiger partial charge in [-0.2, -0.15) is 8.42 Å². The zero-order chi connectivity index (χ0) is 12.0. The van der Waals surface area contributed by atoms with Crippen LogP contribution in [-0.2, 0) is 10.1 Å². The molecule has 0 saturated carbocycles. The van der Waals surface area contributed by atoms with E-state index < -0.39 is 10.1 Å². The summed E-state index contributed by atoms with van der Waals surface area (Å²) in [6.45, 7) is 1.14. The Labute approximate surface area is 95.2 Å². The molecule has 92 valence electrons. The van der Waals surface area contributed by atoms with Crippen LogP contribution in [-0.4, -0.2) is 53.3 Å². The van der Waals surface area contributed by atoms with Crippen molar-refractivity contribution in [2.24, 2.45) is 0 Å². The molecule has 7 heteroatoms. The number of nitrogens with zero attached hydrogens (tertiary/aromatic N) is 2. The Morgan fingerprint density at radius 3 is 1.94 bits per heavy atom. The molecule has 0 aliphatic carbocycles. The van der Waals surface area contributed by atoms with E-state index in [1.54, 1.807) is 24.8 Å². The third kappa shape index (κ3) is 5.15. The molecule has 0 radical (unpaired) electrons. The lowest BCUT2D eigenvalue weighted by atomic mass is 10.4. The largest absolute Gasteiger partial charge is 0.395 e. The fourth-order valence-corrected chi connectivity index (χ4v) is 1.78. The Kier molecular flexibility index (Phi) is 4.78. The summed E-state index contributed by atoms with van der Waals surface area (Å²) in [6.07, 6.45) is 7.54. The van der Waals surface area contributed by atoms with Crippen molar-refractivity contribution in [1.82, 2.24) is 9.80 Å². The average molecular weight is 248 g/mol. The smallest absolute Gasteiger partial charge is 0.264 e. The number of hydrogen-bond donors (Lipinski definition) is 2. The van der Waals surface area contributed by atoms with Crippen LogP contribution in [0.3, 0.4) is 0 Å². The first-order valence-corrected chi connectivity index (χ1v) is 6.56. The van der Waals surface area contributed by atoms with E-state index in [0.717, 1.165) is 0 Å². The number of hydrogen-bond acceptors (Lipinski definition) is 5. The van der Waals surface area contributed by atoms with Gasteiger partial charge in [-0.15, -0.1) is 0 Å². The molecule has 16 heavy (non-hydrogen) atoms. The van der Waals surface area contributed by atoms with Gasteiger partial charge in [0.15, 0.2) is 0 Å². The number of aliphatic hydroxyl groups is 1. The van der Waals surface area contributed by atoms with Crippen LogP contribution in [0.15, 0.2) is 24.8 Å². The molecule has 0 saturated heterocycles. The normalized spacial score (nSPS) is 15.9. The van der Waals surface area contributed by atoms with Crippen molar-refractivity contribution >= 4 is 10.1 Å². The second-order valence-electron chi connectivity index (χ2n) is 3.44. The van der Waals surface area contributed by atoms with Crippen molar-refractivity contribution in [3.05, 3.63) is 24.8 Å². The van der Waals surface area contributed by atoms with Crippen molar-refractivity contribution in [3.63, 3.8) is 0 Å². The molecule has 0 fully saturated rings. The van der Waals surface area contributed by atoms with Crippen molar-refractivity contribution in [2.45, 2.75) is 6.42 Å². The quantitative estimate of drug-likeness (QED) is 0.634. The third-order valence-corrected chi connectivity index (χ3v) is 2.88. The number of β-amino-alcohol motifs (C(OH)–C–C–N with tert-alkyl or cyclic N) is 1. The van der Waals surface area contributed by atoms with Crippen LogP contribution in [0.4, 0.5) is 0 Å². The van der Waals surface area contributed by atoms with Crippen LogP contribution in [0.2, 0.25) is 0 Å². The van der Waals surface area contributed by atoms with Crippen LogP contribution >= 0.6 is 0 Å². The van der Waals surface area contributed by atoms with Gasteiger partial charge in [-0.25, -0.2) is 0 Å². The summed E-state index contributed by atoms with van der Waals surface area (Å²) >= 11 is 0. The van der Waals surface area contributed by atoms with E-state index in [9.17, 15) is 8.42 Å². The Morgan fingerprint density at radius 2 is 1.50 bits per heavy atom. The predicted molar refractivity (Wildman–Crippen MR) is 59.8 cm³/mol. The summed E-state index contributed by atoms with van der Waals surface area (Å²) in [7, 11) is -3.86. The lowest BCUT2D eigenvalue weighted by Gasteiger charge is -2.24. The van der Waals surface area contributed by atoms with E-state index in [0.29, 0.717) is 19.5 Å². The van der Waals surface area contributed by atoms with Crippen molar-refractivity contribution in [3.8, 4) is 0 Å². The van der Waals surface area contributed by atoms with Crippen molar-refractivity contribution in [1.29, 1.82) is 0 Å². The first kappa shape index (κ1) is 13.0. The van der Waals surface area contributed by atoms with Crippen LogP contribution < -0.4 is 0 Å². The van der Waals surface area contributed by atoms with Gasteiger partial charge in [0.1, 0.15) is 0 Å². The summed E-state index contributed by atoms with van der Waals surface area (Å²) in [5, 5.41) is 8.70. The molecule has 2 N–H and O–H groups in total. The molecular weight excluding hydrogens is 232 g/mol. The van der Waals surface area contributed by atoms with Gasteiger partial charge < -0.3 is 14.9 Å². The first-order valence-electron chi connectivity index (χ1n) is 4.95. The number of rotatable bonds is 6. The van der Waals surface area contributed by atoms with E-state index in [-0.39, 0.29) is 12.4 Å². The lowest BCUT2D eigenvalue weighted by molar-refractivity contribution is 0.258. The van der Waals surface area contributed by atoms with Crippen LogP contribution in [0.5, 0.6) is 0 Å². The van der Waals surface area contributed by atoms with Gasteiger partial charge in [0.05, 0.1) is 12.4 Å². The molecule has 1 heterocycles. The van der Waals surface area contributed by atoms with Crippen molar-refractivity contribution < 1.29 is 18.1 Å². The summed E-state index contributed by atoms with van der Waals surface area (Å²) < 4.78 is 29.5. The maximum Gasteiger partial charge on any atom is 0.264 e. The van der Waals surface area contributed by atoms with E-state index in [2.05, 4.69) is 0 Å². The topological polar surface area (TPSA) is 81.1 Å². The highest BCUT2D eigenvalue weighted by Crippen LogP contribution is 2.05. The predicted octanol–water partition coefficient (Wildman–Crippen LogP) is -0.183. The summed E-state index contributed by atoms with van der Waals surface area (Å²) in [4.78, 5) is 3.64. The minimum absolute atomic E-state index is 0.0808. The minimum atomic E-state index is -3.86. The second-order valence-corrected chi connectivity index (χ2v) is 5.01. The van der Waals surface area contributed by atoms with E-state index >= 15 is 0 Å². The highest BCUT2D eigenvalue weighted by molar-refractivity contribution is 7.85. The van der Waals surface area contributed by atoms with E-state index in [1.165, 1.54) is 0 Å². The Balaban J connectivity index is 2.27. The summed E-state index contributed by atoms with van der Waals surface area (Å²) in [5.74, 6) is -0.231. The SMILES string of the molecule is O=S(=O)(O)CCCN1C=CN(CCO)C=C1. The Bertz CT molecular complexity index is 350. The molecule has 0 aromatic carbocycles. The fraction of sp³-hybridized carbons (Fsp3) is 0.556. The summed E-state index contributed by atoms with van der Waals surface area (Å²) in [6, 6.07) is 0. The molecule has 0 amide bonds. The molecule has 0 spiro atoms. The maximum absolute atomic E-state index is 10.5. The minimum Gasteiger partial charge on any atom is -0.395 e. The van der Waals surface area contributed by atoms with Gasteiger partial charge in [0.25, 0.3) is 10.1 Å². The van der Waals surface area contributed by atoms with Gasteiger partial charge in [0, 0.05) is 37.9 Å². The molecular formula is C9H16N2O4S. The van der Waals surface area contributed by atoms with Gasteiger partial charge in [0.2, 0.25) is 0 Å². The first-order chi connectivity index (χ1) is 7.51. The molecule has 0 bridgehead atoms. The van der Waals surface area contributed by atoms with Gasteiger partial charge >= 0.3 is 0 Å². The zero-order valence-electron chi connectivity index (χ0n) is 8.86. The molecule has 1 rings (SSSR count). The zero-order valence-corrected chi connectivity index (χ0v) is 9.68. The molecule has 0 atom stereocenters. The molecule has 0 aromatic rings. The van der Waals surface area contributed by atoms with Gasteiger partial charge in [-0.3, -0.25) is 4.55 Å². The third-order valence-electron chi connectivity index (χ3n) is 2.08. The standard InChI is InChI=1S/C9H16N2O4S/c12-8-7-11-5-3-10(4-6-11)2-1-9-16(13,14)15/h3-6,12H,1-2,7-9H2,(H,13,14,15). The van der Waals surface area contributed by atoms with Crippen molar-refractivity contribution in [2.75, 3.05) is 25.4 Å². The van der Waals surface area contributed by atoms with Crippen LogP contribution in [0, 0.1) is 0 Å². The van der Waals surface area contributed by atoms with Crippen LogP contribution in [0.1, 0.15) is 6.42 Å². The monoisotopic (exact) mass is 248 g/mol. The second kappa shape index (κ2) is 5.88. The Morgan fingerprint density at radius 1 is 1.00 bits per heavy atom. The molecule has 6 nitrogen and oxygen atoms in total. The highest BCUT2D eigenvalue weighted by atomic mass is 32.2. The lowest BCUT2D eigenvalue weighted by Crippen LogP contribution is -2.23. The average Bonchev–Trinajstić information content (AvgIpc) is 2.19. The van der Waals surface area contributed by atoms with Crippen LogP contribution in [0.25, 0.3) is 0 Å². The highest BCUT2D eigenvalue weighted by Gasteiger charge is 2.07. The maximum atomic E-state index is 10.5. The fourth-order valence-electron chi connectivity index (χ4n) is 1.29. The molecule has 0 unspecified atom stereocenters. The van der Waals surface area contributed by atoms with E-state index in [1.807, 2.05) is 9.80 Å². The van der Waals surface area contributed by atoms with E-state index in [4.69, 9.17) is 9.66 Å².